The first-order chi connectivity index (χ1) is 29.0. The summed E-state index contributed by atoms with van der Waals surface area (Å²) in [5, 5.41) is 7.49. The van der Waals surface area contributed by atoms with Crippen LogP contribution < -0.4 is 9.80 Å². The molecular formula is C57H42N2. The Morgan fingerprint density at radius 2 is 0.881 bits per heavy atom. The molecule has 0 fully saturated rings. The maximum atomic E-state index is 2.48. The standard InChI is InChI=1S/C57H42N2/c1-57(2)53-25-12-11-24-50(53)52-36-44-30-28-41-17-13-26-55(56(41)51(44)38-54(52)57)59(46-20-7-4-8-21-46)49-23-14-22-48(37-49)58(45-18-5-3-6-19-45)47-33-31-40(32-34-47)43-29-27-39-15-9-10-16-42(39)35-43/h3-38H,1-2H3. The first kappa shape index (κ1) is 34.8. The average Bonchev–Trinajstić information content (AvgIpc) is 3.51. The van der Waals surface area contributed by atoms with E-state index in [0.717, 1.165) is 34.1 Å². The Balaban J connectivity index is 1.07. The van der Waals surface area contributed by atoms with Crippen LogP contribution in [0.2, 0.25) is 0 Å². The number of para-hydroxylation sites is 2. The van der Waals surface area contributed by atoms with E-state index in [2.05, 4.69) is 242 Å². The summed E-state index contributed by atoms with van der Waals surface area (Å²) in [4.78, 5) is 4.79. The van der Waals surface area contributed by atoms with Crippen LogP contribution in [0.3, 0.4) is 0 Å². The van der Waals surface area contributed by atoms with Gasteiger partial charge < -0.3 is 9.80 Å². The van der Waals surface area contributed by atoms with Gasteiger partial charge in [0.05, 0.1) is 5.69 Å². The van der Waals surface area contributed by atoms with Gasteiger partial charge in [0.2, 0.25) is 0 Å². The molecule has 10 aromatic carbocycles. The van der Waals surface area contributed by atoms with Crippen molar-refractivity contribution >= 4 is 66.4 Å². The summed E-state index contributed by atoms with van der Waals surface area (Å²) in [5.74, 6) is 0. The Bertz CT molecular complexity index is 3180. The highest BCUT2D eigenvalue weighted by Crippen LogP contribution is 2.51. The largest absolute Gasteiger partial charge is 0.310 e. The number of fused-ring (bicyclic) bond motifs is 7. The number of rotatable bonds is 7. The van der Waals surface area contributed by atoms with Gasteiger partial charge in [0.15, 0.2) is 0 Å². The highest BCUT2D eigenvalue weighted by Gasteiger charge is 2.35. The molecule has 0 atom stereocenters. The van der Waals surface area contributed by atoms with E-state index in [-0.39, 0.29) is 5.41 Å². The summed E-state index contributed by atoms with van der Waals surface area (Å²) in [5.41, 5.74) is 14.4. The predicted octanol–water partition coefficient (Wildman–Crippen LogP) is 16.1. The summed E-state index contributed by atoms with van der Waals surface area (Å²) >= 11 is 0. The van der Waals surface area contributed by atoms with Crippen LogP contribution in [0.1, 0.15) is 25.0 Å². The Morgan fingerprint density at radius 3 is 1.66 bits per heavy atom. The van der Waals surface area contributed by atoms with Crippen molar-refractivity contribution in [3.05, 3.63) is 230 Å². The summed E-state index contributed by atoms with van der Waals surface area (Å²) in [6.45, 7) is 4.74. The van der Waals surface area contributed by atoms with E-state index < -0.39 is 0 Å². The third kappa shape index (κ3) is 5.87. The fourth-order valence-electron chi connectivity index (χ4n) is 9.45. The molecule has 0 saturated heterocycles. The van der Waals surface area contributed by atoms with Gasteiger partial charge in [-0.15, -0.1) is 0 Å². The Kier molecular flexibility index (Phi) is 8.20. The smallest absolute Gasteiger partial charge is 0.0546 e. The van der Waals surface area contributed by atoms with E-state index in [1.165, 1.54) is 65.7 Å². The number of benzene rings is 10. The molecule has 0 aliphatic heterocycles. The van der Waals surface area contributed by atoms with Crippen molar-refractivity contribution < 1.29 is 0 Å². The molecule has 59 heavy (non-hydrogen) atoms. The lowest BCUT2D eigenvalue weighted by Gasteiger charge is -2.30. The fourth-order valence-corrected chi connectivity index (χ4v) is 9.45. The van der Waals surface area contributed by atoms with Crippen LogP contribution in [-0.2, 0) is 5.41 Å². The first-order valence-corrected chi connectivity index (χ1v) is 20.5. The maximum Gasteiger partial charge on any atom is 0.0546 e. The van der Waals surface area contributed by atoms with E-state index in [9.17, 15) is 0 Å². The minimum Gasteiger partial charge on any atom is -0.310 e. The van der Waals surface area contributed by atoms with E-state index in [0.29, 0.717) is 0 Å². The highest BCUT2D eigenvalue weighted by molar-refractivity contribution is 6.16. The lowest BCUT2D eigenvalue weighted by molar-refractivity contribution is 0.661. The molecule has 0 N–H and O–H groups in total. The predicted molar refractivity (Wildman–Crippen MR) is 251 cm³/mol. The van der Waals surface area contributed by atoms with Gasteiger partial charge >= 0.3 is 0 Å². The molecule has 0 unspecified atom stereocenters. The van der Waals surface area contributed by atoms with E-state index in [1.807, 2.05) is 0 Å². The molecule has 10 aromatic rings. The average molecular weight is 755 g/mol. The van der Waals surface area contributed by atoms with Crippen molar-refractivity contribution in [1.82, 2.24) is 0 Å². The molecular weight excluding hydrogens is 713 g/mol. The summed E-state index contributed by atoms with van der Waals surface area (Å²) in [6, 6.07) is 79.9. The van der Waals surface area contributed by atoms with Crippen molar-refractivity contribution in [2.75, 3.05) is 9.80 Å². The van der Waals surface area contributed by atoms with Crippen molar-refractivity contribution in [2.45, 2.75) is 19.3 Å². The van der Waals surface area contributed by atoms with Crippen LogP contribution in [0.15, 0.2) is 218 Å². The van der Waals surface area contributed by atoms with Gasteiger partial charge in [-0.3, -0.25) is 0 Å². The lowest BCUT2D eigenvalue weighted by atomic mass is 9.81. The highest BCUT2D eigenvalue weighted by atomic mass is 15.2. The molecule has 0 radical (unpaired) electrons. The molecule has 2 nitrogen and oxygen atoms in total. The Labute approximate surface area is 345 Å². The number of nitrogens with zero attached hydrogens (tertiary/aromatic N) is 2. The van der Waals surface area contributed by atoms with Gasteiger partial charge in [-0.25, -0.2) is 0 Å². The van der Waals surface area contributed by atoms with Crippen molar-refractivity contribution in [3.63, 3.8) is 0 Å². The molecule has 11 rings (SSSR count). The molecule has 2 heteroatoms. The van der Waals surface area contributed by atoms with Crippen molar-refractivity contribution in [2.24, 2.45) is 0 Å². The van der Waals surface area contributed by atoms with Crippen LogP contribution in [0, 0.1) is 0 Å². The maximum absolute atomic E-state index is 2.48. The minimum atomic E-state index is -0.0980. The molecule has 0 heterocycles. The van der Waals surface area contributed by atoms with E-state index in [1.54, 1.807) is 0 Å². The third-order valence-corrected chi connectivity index (χ3v) is 12.4. The lowest BCUT2D eigenvalue weighted by Crippen LogP contribution is -2.15. The van der Waals surface area contributed by atoms with Gasteiger partial charge in [0, 0.05) is 39.2 Å². The molecule has 1 aliphatic carbocycles. The Hall–Kier alpha value is -7.42. The van der Waals surface area contributed by atoms with E-state index in [4.69, 9.17) is 0 Å². The SMILES string of the molecule is CC1(C)c2ccccc2-c2cc3ccc4cccc(N(c5ccccc5)c5cccc(N(c6ccccc6)c6ccc(-c7ccc8ccccc8c7)cc6)c5)c4c3cc21. The minimum absolute atomic E-state index is 0.0980. The molecule has 0 spiro atoms. The number of hydrogen-bond acceptors (Lipinski definition) is 2. The van der Waals surface area contributed by atoms with Gasteiger partial charge in [0.1, 0.15) is 0 Å². The zero-order valence-corrected chi connectivity index (χ0v) is 33.2. The normalized spacial score (nSPS) is 12.7. The van der Waals surface area contributed by atoms with Gasteiger partial charge in [-0.2, -0.15) is 0 Å². The van der Waals surface area contributed by atoms with Gasteiger partial charge in [-0.05, 0) is 139 Å². The third-order valence-electron chi connectivity index (χ3n) is 12.4. The summed E-state index contributed by atoms with van der Waals surface area (Å²) in [7, 11) is 0. The molecule has 280 valence electrons. The van der Waals surface area contributed by atoms with Crippen molar-refractivity contribution in [3.8, 4) is 22.3 Å². The van der Waals surface area contributed by atoms with Crippen LogP contribution in [0.4, 0.5) is 34.1 Å². The fraction of sp³-hybridized carbons (Fsp3) is 0.0526. The molecule has 0 saturated carbocycles. The number of anilines is 6. The summed E-state index contributed by atoms with van der Waals surface area (Å²) < 4.78 is 0. The monoisotopic (exact) mass is 754 g/mol. The van der Waals surface area contributed by atoms with Gasteiger partial charge in [-0.1, -0.05) is 153 Å². The van der Waals surface area contributed by atoms with Crippen LogP contribution in [-0.4, -0.2) is 0 Å². The molecule has 0 aromatic heterocycles. The Morgan fingerprint density at radius 1 is 0.322 bits per heavy atom. The second-order valence-corrected chi connectivity index (χ2v) is 16.2. The van der Waals surface area contributed by atoms with Crippen molar-refractivity contribution in [1.29, 1.82) is 0 Å². The van der Waals surface area contributed by atoms with Crippen LogP contribution >= 0.6 is 0 Å². The van der Waals surface area contributed by atoms with E-state index >= 15 is 0 Å². The van der Waals surface area contributed by atoms with Gasteiger partial charge in [0.25, 0.3) is 0 Å². The second-order valence-electron chi connectivity index (χ2n) is 16.2. The zero-order valence-electron chi connectivity index (χ0n) is 33.2. The van der Waals surface area contributed by atoms with Crippen LogP contribution in [0.25, 0.3) is 54.6 Å². The first-order valence-electron chi connectivity index (χ1n) is 20.5. The molecule has 1 aliphatic rings. The number of hydrogen-bond donors (Lipinski definition) is 0. The molecule has 0 amide bonds. The topological polar surface area (TPSA) is 6.48 Å². The zero-order chi connectivity index (χ0) is 39.5. The molecule has 0 bridgehead atoms. The quantitative estimate of drug-likeness (QED) is 0.150. The second kappa shape index (κ2) is 13.9. The van der Waals surface area contributed by atoms with Crippen LogP contribution in [0.5, 0.6) is 0 Å². The summed E-state index contributed by atoms with van der Waals surface area (Å²) in [6.07, 6.45) is 0.